The van der Waals surface area contributed by atoms with Crippen LogP contribution in [0.15, 0.2) is 48.5 Å². The molecular weight excluding hydrogens is 390 g/mol. The van der Waals surface area contributed by atoms with Gasteiger partial charge in [-0.25, -0.2) is 0 Å². The number of nitrogens with zero attached hydrogens (tertiary/aromatic N) is 1. The van der Waals surface area contributed by atoms with Crippen molar-refractivity contribution < 1.29 is 14.3 Å². The van der Waals surface area contributed by atoms with Crippen LogP contribution >= 0.6 is 11.6 Å². The monoisotopic (exact) mass is 417 g/mol. The molecule has 2 atom stereocenters. The second kappa shape index (κ2) is 10.5. The van der Waals surface area contributed by atoms with E-state index in [0.717, 1.165) is 31.0 Å². The second-order valence-electron chi connectivity index (χ2n) is 7.24. The molecule has 1 fully saturated rings. The topological polar surface area (TPSA) is 76.8 Å². The summed E-state index contributed by atoms with van der Waals surface area (Å²) >= 11 is 5.86. The Labute approximate surface area is 176 Å². The molecule has 1 amide bonds. The van der Waals surface area contributed by atoms with Crippen molar-refractivity contribution in [3.8, 4) is 11.5 Å². The van der Waals surface area contributed by atoms with Crippen molar-refractivity contribution >= 4 is 17.5 Å². The molecule has 3 rings (SSSR count). The highest BCUT2D eigenvalue weighted by molar-refractivity contribution is 6.30. The molecule has 1 saturated heterocycles. The fraction of sp³-hybridized carbons (Fsp3) is 0.409. The van der Waals surface area contributed by atoms with E-state index in [-0.39, 0.29) is 17.9 Å². The molecule has 1 heterocycles. The Morgan fingerprint density at radius 2 is 1.86 bits per heavy atom. The van der Waals surface area contributed by atoms with E-state index >= 15 is 0 Å². The standard InChI is InChI=1S/C22H28ClN3O3/c1-28-18-6-2-16(3-7-18)14-26-12-10-21(24)20(15-26)22(27)25-11-13-29-19-8-4-17(23)5-9-19/h2-9,20-21H,10-15,24H2,1H3,(H,25,27). The maximum absolute atomic E-state index is 12.6. The fourth-order valence-electron chi connectivity index (χ4n) is 3.45. The van der Waals surface area contributed by atoms with Gasteiger partial charge >= 0.3 is 0 Å². The van der Waals surface area contributed by atoms with Crippen LogP contribution in [0.2, 0.25) is 5.02 Å². The molecule has 1 aliphatic heterocycles. The first-order valence-electron chi connectivity index (χ1n) is 9.82. The Balaban J connectivity index is 1.45. The Hall–Kier alpha value is -2.28. The first-order chi connectivity index (χ1) is 14.0. The van der Waals surface area contributed by atoms with Crippen LogP contribution in [0.25, 0.3) is 0 Å². The summed E-state index contributed by atoms with van der Waals surface area (Å²) in [6, 6.07) is 15.0. The summed E-state index contributed by atoms with van der Waals surface area (Å²) in [5.74, 6) is 1.32. The molecule has 156 valence electrons. The van der Waals surface area contributed by atoms with E-state index in [0.29, 0.717) is 24.7 Å². The summed E-state index contributed by atoms with van der Waals surface area (Å²) in [6.07, 6.45) is 0.801. The number of benzene rings is 2. The highest BCUT2D eigenvalue weighted by Gasteiger charge is 2.31. The molecule has 2 aromatic carbocycles. The van der Waals surface area contributed by atoms with Gasteiger partial charge in [0.15, 0.2) is 0 Å². The van der Waals surface area contributed by atoms with Crippen LogP contribution in [0, 0.1) is 5.92 Å². The van der Waals surface area contributed by atoms with Gasteiger partial charge in [0, 0.05) is 30.7 Å². The Morgan fingerprint density at radius 1 is 1.17 bits per heavy atom. The molecule has 0 spiro atoms. The molecule has 0 aromatic heterocycles. The quantitative estimate of drug-likeness (QED) is 0.646. The van der Waals surface area contributed by atoms with Gasteiger partial charge in [0.1, 0.15) is 18.1 Å². The minimum atomic E-state index is -0.225. The van der Waals surface area contributed by atoms with E-state index in [2.05, 4.69) is 22.3 Å². The zero-order valence-corrected chi connectivity index (χ0v) is 17.4. The predicted molar refractivity (Wildman–Crippen MR) is 114 cm³/mol. The second-order valence-corrected chi connectivity index (χ2v) is 7.67. The van der Waals surface area contributed by atoms with Gasteiger partial charge in [0.05, 0.1) is 19.6 Å². The van der Waals surface area contributed by atoms with Crippen molar-refractivity contribution in [2.75, 3.05) is 33.4 Å². The number of nitrogens with one attached hydrogen (secondary N) is 1. The largest absolute Gasteiger partial charge is 0.497 e. The van der Waals surface area contributed by atoms with E-state index in [1.54, 1.807) is 31.4 Å². The smallest absolute Gasteiger partial charge is 0.226 e. The lowest BCUT2D eigenvalue weighted by molar-refractivity contribution is -0.127. The van der Waals surface area contributed by atoms with Gasteiger partial charge in [-0.15, -0.1) is 0 Å². The average Bonchev–Trinajstić information content (AvgIpc) is 2.74. The van der Waals surface area contributed by atoms with Crippen LogP contribution in [0.5, 0.6) is 11.5 Å². The van der Waals surface area contributed by atoms with Crippen molar-refractivity contribution in [1.82, 2.24) is 10.2 Å². The molecule has 1 aliphatic rings. The van der Waals surface area contributed by atoms with Crippen molar-refractivity contribution in [3.63, 3.8) is 0 Å². The lowest BCUT2D eigenvalue weighted by Crippen LogP contribution is -2.53. The molecule has 6 nitrogen and oxygen atoms in total. The van der Waals surface area contributed by atoms with Crippen molar-refractivity contribution in [2.24, 2.45) is 11.7 Å². The number of methoxy groups -OCH3 is 1. The molecule has 3 N–H and O–H groups in total. The van der Waals surface area contributed by atoms with Crippen LogP contribution in [-0.4, -0.2) is 50.2 Å². The number of hydrogen-bond donors (Lipinski definition) is 2. The number of piperidine rings is 1. The third-order valence-electron chi connectivity index (χ3n) is 5.14. The Bertz CT molecular complexity index is 783. The number of ether oxygens (including phenoxy) is 2. The summed E-state index contributed by atoms with van der Waals surface area (Å²) in [5, 5.41) is 3.61. The summed E-state index contributed by atoms with van der Waals surface area (Å²) in [6.45, 7) is 3.15. The lowest BCUT2D eigenvalue weighted by Gasteiger charge is -2.36. The first kappa shape index (κ1) is 21.4. The van der Waals surface area contributed by atoms with Crippen LogP contribution in [-0.2, 0) is 11.3 Å². The lowest BCUT2D eigenvalue weighted by atomic mass is 9.91. The van der Waals surface area contributed by atoms with Crippen molar-refractivity contribution in [1.29, 1.82) is 0 Å². The summed E-state index contributed by atoms with van der Waals surface area (Å²) < 4.78 is 10.8. The summed E-state index contributed by atoms with van der Waals surface area (Å²) in [5.41, 5.74) is 7.43. The molecule has 0 aliphatic carbocycles. The number of carbonyl (C=O) groups is 1. The SMILES string of the molecule is COc1ccc(CN2CCC(N)C(C(=O)NCCOc3ccc(Cl)cc3)C2)cc1. The number of hydrogen-bond acceptors (Lipinski definition) is 5. The number of likely N-dealkylation sites (tertiary alicyclic amines) is 1. The maximum Gasteiger partial charge on any atom is 0.226 e. The van der Waals surface area contributed by atoms with E-state index in [9.17, 15) is 4.79 Å². The van der Waals surface area contributed by atoms with E-state index in [1.165, 1.54) is 5.56 Å². The fourth-order valence-corrected chi connectivity index (χ4v) is 3.58. The van der Waals surface area contributed by atoms with Gasteiger partial charge in [0.25, 0.3) is 0 Å². The molecule has 0 bridgehead atoms. The van der Waals surface area contributed by atoms with E-state index < -0.39 is 0 Å². The van der Waals surface area contributed by atoms with Gasteiger partial charge < -0.3 is 20.5 Å². The van der Waals surface area contributed by atoms with Crippen LogP contribution in [0.1, 0.15) is 12.0 Å². The third kappa shape index (κ3) is 6.35. The minimum Gasteiger partial charge on any atom is -0.497 e. The number of rotatable bonds is 8. The van der Waals surface area contributed by atoms with Gasteiger partial charge in [0.2, 0.25) is 5.91 Å². The van der Waals surface area contributed by atoms with E-state index in [4.69, 9.17) is 26.8 Å². The normalized spacial score (nSPS) is 19.6. The van der Waals surface area contributed by atoms with Crippen LogP contribution < -0.4 is 20.5 Å². The molecule has 7 heteroatoms. The van der Waals surface area contributed by atoms with Gasteiger partial charge in [-0.3, -0.25) is 9.69 Å². The zero-order chi connectivity index (χ0) is 20.6. The van der Waals surface area contributed by atoms with Gasteiger partial charge in [-0.2, -0.15) is 0 Å². The maximum atomic E-state index is 12.6. The first-order valence-corrected chi connectivity index (χ1v) is 10.2. The Kier molecular flexibility index (Phi) is 7.75. The minimum absolute atomic E-state index is 0.0170. The molecule has 2 aromatic rings. The Morgan fingerprint density at radius 3 is 2.55 bits per heavy atom. The predicted octanol–water partition coefficient (Wildman–Crippen LogP) is 2.69. The van der Waals surface area contributed by atoms with Crippen LogP contribution in [0.4, 0.5) is 0 Å². The van der Waals surface area contributed by atoms with E-state index in [1.807, 2.05) is 12.1 Å². The highest BCUT2D eigenvalue weighted by Crippen LogP contribution is 2.20. The molecular formula is C22H28ClN3O3. The molecule has 0 radical (unpaired) electrons. The number of carbonyl (C=O) groups excluding carboxylic acids is 1. The summed E-state index contributed by atoms with van der Waals surface area (Å²) in [7, 11) is 1.66. The van der Waals surface area contributed by atoms with Crippen molar-refractivity contribution in [2.45, 2.75) is 19.0 Å². The molecule has 29 heavy (non-hydrogen) atoms. The highest BCUT2D eigenvalue weighted by atomic mass is 35.5. The zero-order valence-electron chi connectivity index (χ0n) is 16.6. The summed E-state index contributed by atoms with van der Waals surface area (Å²) in [4.78, 5) is 14.9. The van der Waals surface area contributed by atoms with Crippen molar-refractivity contribution in [3.05, 3.63) is 59.1 Å². The average molecular weight is 418 g/mol. The van der Waals surface area contributed by atoms with Gasteiger partial charge in [-0.1, -0.05) is 23.7 Å². The number of halogens is 1. The number of amides is 1. The van der Waals surface area contributed by atoms with Crippen LogP contribution in [0.3, 0.4) is 0 Å². The number of nitrogens with two attached hydrogens (primary N) is 1. The third-order valence-corrected chi connectivity index (χ3v) is 5.39. The molecule has 2 unspecified atom stereocenters. The van der Waals surface area contributed by atoms with Gasteiger partial charge in [-0.05, 0) is 48.4 Å². The molecule has 0 saturated carbocycles.